The Hall–Kier alpha value is -3.05. The number of thiazole rings is 1. The van der Waals surface area contributed by atoms with Crippen molar-refractivity contribution in [1.29, 1.82) is 0 Å². The molecule has 0 aliphatic carbocycles. The molecule has 2 aliphatic heterocycles. The summed E-state index contributed by atoms with van der Waals surface area (Å²) in [5.41, 5.74) is -0.276. The first kappa shape index (κ1) is 20.8. The molecular formula is C21H13F3N2O4S2. The number of alkyl halides is 3. The first-order chi connectivity index (χ1) is 15.2. The summed E-state index contributed by atoms with van der Waals surface area (Å²) in [6.07, 6.45) is -4.56. The molecule has 0 saturated heterocycles. The quantitative estimate of drug-likeness (QED) is 0.425. The van der Waals surface area contributed by atoms with Crippen LogP contribution < -0.4 is 14.9 Å². The molecule has 2 aliphatic rings. The zero-order chi connectivity index (χ0) is 22.6. The number of rotatable bonds is 2. The number of hydrogen-bond acceptors (Lipinski definition) is 6. The van der Waals surface area contributed by atoms with Crippen molar-refractivity contribution in [2.75, 3.05) is 5.32 Å². The van der Waals surface area contributed by atoms with Crippen LogP contribution in [0, 0.1) is 5.92 Å². The van der Waals surface area contributed by atoms with Crippen molar-refractivity contribution >= 4 is 40.7 Å². The SMILES string of the molecule is O=C(Nc1cccc(C(F)(F)F)c1)C1Sc2[nH]c(=O)sc2C2c3ccccc3OC(=O)C12. The van der Waals surface area contributed by atoms with Crippen LogP contribution in [0.1, 0.15) is 21.9 Å². The van der Waals surface area contributed by atoms with Crippen molar-refractivity contribution in [2.24, 2.45) is 5.92 Å². The Bertz CT molecular complexity index is 1300. The number of thioether (sulfide) groups is 1. The fourth-order valence-corrected chi connectivity index (χ4v) is 6.42. The van der Waals surface area contributed by atoms with Gasteiger partial charge in [0.15, 0.2) is 0 Å². The van der Waals surface area contributed by atoms with E-state index in [2.05, 4.69) is 10.3 Å². The third-order valence-corrected chi connectivity index (χ3v) is 7.72. The number of carbonyl (C=O) groups is 2. The molecule has 11 heteroatoms. The van der Waals surface area contributed by atoms with Crippen LogP contribution in [0.15, 0.2) is 58.4 Å². The molecule has 0 radical (unpaired) electrons. The number of halogens is 3. The Kier molecular flexibility index (Phi) is 4.90. The molecule has 164 valence electrons. The monoisotopic (exact) mass is 478 g/mol. The van der Waals surface area contributed by atoms with E-state index in [-0.39, 0.29) is 10.6 Å². The number of esters is 1. The van der Waals surface area contributed by atoms with Gasteiger partial charge in [-0.15, -0.1) is 0 Å². The van der Waals surface area contributed by atoms with Crippen LogP contribution in [0.3, 0.4) is 0 Å². The summed E-state index contributed by atoms with van der Waals surface area (Å²) < 4.78 is 44.5. The molecule has 3 heterocycles. The van der Waals surface area contributed by atoms with E-state index in [0.29, 0.717) is 21.2 Å². The Balaban J connectivity index is 1.54. The fourth-order valence-electron chi connectivity index (χ4n) is 3.96. The van der Waals surface area contributed by atoms with Crippen LogP contribution in [-0.4, -0.2) is 22.1 Å². The minimum atomic E-state index is -4.56. The van der Waals surface area contributed by atoms with Gasteiger partial charge >= 0.3 is 17.0 Å². The smallest absolute Gasteiger partial charge is 0.416 e. The standard InChI is InChI=1S/C21H13F3N2O4S2/c22-21(23,24)9-4-3-5-10(8-9)25-17(27)15-14-13(16-18(31-15)26-20(29)32-16)11-6-1-2-7-12(11)30-19(14)28/h1-8,13-15H,(H,25,27)(H,26,29). The number of hydrogen-bond donors (Lipinski definition) is 2. The van der Waals surface area contributed by atoms with E-state index in [1.807, 2.05) is 0 Å². The van der Waals surface area contributed by atoms with Crippen LogP contribution in [-0.2, 0) is 15.8 Å². The maximum Gasteiger partial charge on any atom is 0.416 e. The molecule has 1 aromatic heterocycles. The number of carbonyl (C=O) groups excluding carboxylic acids is 2. The highest BCUT2D eigenvalue weighted by atomic mass is 32.2. The Morgan fingerprint density at radius 2 is 1.88 bits per heavy atom. The molecule has 2 aromatic carbocycles. The van der Waals surface area contributed by atoms with Gasteiger partial charge in [0, 0.05) is 22.0 Å². The fraction of sp³-hybridized carbons (Fsp3) is 0.190. The lowest BCUT2D eigenvalue weighted by Gasteiger charge is -2.38. The largest absolute Gasteiger partial charge is 0.426 e. The van der Waals surface area contributed by atoms with Gasteiger partial charge in [-0.05, 0) is 24.3 Å². The number of H-pyrrole nitrogens is 1. The van der Waals surface area contributed by atoms with Crippen LogP contribution >= 0.6 is 23.1 Å². The molecular weight excluding hydrogens is 465 g/mol. The van der Waals surface area contributed by atoms with Gasteiger partial charge < -0.3 is 15.0 Å². The zero-order valence-electron chi connectivity index (χ0n) is 15.9. The van der Waals surface area contributed by atoms with E-state index in [1.165, 1.54) is 12.1 Å². The first-order valence-corrected chi connectivity index (χ1v) is 11.1. The maximum absolute atomic E-state index is 13.1. The second-order valence-electron chi connectivity index (χ2n) is 7.28. The predicted molar refractivity (Wildman–Crippen MR) is 112 cm³/mol. The summed E-state index contributed by atoms with van der Waals surface area (Å²) in [5, 5.41) is 1.93. The number of anilines is 1. The Labute approximate surface area is 186 Å². The third kappa shape index (κ3) is 3.51. The highest BCUT2D eigenvalue weighted by molar-refractivity contribution is 8.00. The van der Waals surface area contributed by atoms with Crippen LogP contribution in [0.4, 0.5) is 18.9 Å². The minimum Gasteiger partial charge on any atom is -0.426 e. The number of aromatic nitrogens is 1. The summed E-state index contributed by atoms with van der Waals surface area (Å²) >= 11 is 1.97. The number of para-hydroxylation sites is 1. The van der Waals surface area contributed by atoms with Gasteiger partial charge in [0.05, 0.1) is 16.5 Å². The number of nitrogens with one attached hydrogen (secondary N) is 2. The van der Waals surface area contributed by atoms with Crippen molar-refractivity contribution in [3.05, 3.63) is 74.2 Å². The Morgan fingerprint density at radius 1 is 1.09 bits per heavy atom. The van der Waals surface area contributed by atoms with Gasteiger partial charge in [-0.2, -0.15) is 13.2 Å². The summed E-state index contributed by atoms with van der Waals surface area (Å²) in [4.78, 5) is 41.1. The number of fused-ring (bicyclic) bond motifs is 5. The summed E-state index contributed by atoms with van der Waals surface area (Å²) in [6.45, 7) is 0. The molecule has 1 amide bonds. The highest BCUT2D eigenvalue weighted by Crippen LogP contribution is 2.53. The van der Waals surface area contributed by atoms with Gasteiger partial charge in [-0.1, -0.05) is 47.4 Å². The normalized spacial score (nSPS) is 21.7. The van der Waals surface area contributed by atoms with E-state index in [4.69, 9.17) is 4.74 Å². The predicted octanol–water partition coefficient (Wildman–Crippen LogP) is 4.24. The third-order valence-electron chi connectivity index (χ3n) is 5.31. The van der Waals surface area contributed by atoms with Gasteiger partial charge in [0.25, 0.3) is 0 Å². The van der Waals surface area contributed by atoms with Crippen molar-refractivity contribution in [1.82, 2.24) is 4.98 Å². The molecule has 0 spiro atoms. The lowest BCUT2D eigenvalue weighted by atomic mass is 9.80. The molecule has 0 saturated carbocycles. The number of aromatic amines is 1. The number of benzene rings is 2. The van der Waals surface area contributed by atoms with E-state index in [0.717, 1.165) is 35.2 Å². The zero-order valence-corrected chi connectivity index (χ0v) is 17.6. The topological polar surface area (TPSA) is 88.3 Å². The van der Waals surface area contributed by atoms with Gasteiger partial charge in [-0.25, -0.2) is 0 Å². The van der Waals surface area contributed by atoms with E-state index < -0.39 is 40.7 Å². The maximum atomic E-state index is 13.1. The molecule has 32 heavy (non-hydrogen) atoms. The molecule has 2 N–H and O–H groups in total. The van der Waals surface area contributed by atoms with Crippen LogP contribution in [0.25, 0.3) is 0 Å². The van der Waals surface area contributed by atoms with E-state index in [9.17, 15) is 27.6 Å². The molecule has 3 unspecified atom stereocenters. The van der Waals surface area contributed by atoms with Gasteiger partial charge in [0.1, 0.15) is 11.0 Å². The van der Waals surface area contributed by atoms with Gasteiger partial charge in [0.2, 0.25) is 5.91 Å². The van der Waals surface area contributed by atoms with Gasteiger partial charge in [-0.3, -0.25) is 14.4 Å². The van der Waals surface area contributed by atoms with Crippen LogP contribution in [0.5, 0.6) is 5.75 Å². The molecule has 0 bridgehead atoms. The average molecular weight is 478 g/mol. The first-order valence-electron chi connectivity index (χ1n) is 9.41. The van der Waals surface area contributed by atoms with Crippen molar-refractivity contribution in [3.8, 4) is 5.75 Å². The lowest BCUT2D eigenvalue weighted by molar-refractivity contribution is -0.142. The number of ether oxygens (including phenoxy) is 1. The number of amides is 1. The summed E-state index contributed by atoms with van der Waals surface area (Å²) in [7, 11) is 0. The second kappa shape index (κ2) is 7.52. The molecule has 3 atom stereocenters. The molecule has 3 aromatic rings. The Morgan fingerprint density at radius 3 is 2.66 bits per heavy atom. The molecule has 0 fully saturated rings. The minimum absolute atomic E-state index is 0.0452. The molecule has 6 nitrogen and oxygen atoms in total. The highest BCUT2D eigenvalue weighted by Gasteiger charge is 2.51. The summed E-state index contributed by atoms with van der Waals surface area (Å²) in [5.74, 6) is -2.45. The van der Waals surface area contributed by atoms with E-state index in [1.54, 1.807) is 24.3 Å². The lowest BCUT2D eigenvalue weighted by Crippen LogP contribution is -2.46. The van der Waals surface area contributed by atoms with Crippen LogP contribution in [0.2, 0.25) is 0 Å². The average Bonchev–Trinajstić information content (AvgIpc) is 3.12. The van der Waals surface area contributed by atoms with Crippen molar-refractivity contribution in [3.63, 3.8) is 0 Å². The molecule has 5 rings (SSSR count). The summed E-state index contributed by atoms with van der Waals surface area (Å²) in [6, 6.07) is 11.1. The second-order valence-corrected chi connectivity index (χ2v) is 9.44. The van der Waals surface area contributed by atoms with Crippen molar-refractivity contribution < 1.29 is 27.5 Å². The van der Waals surface area contributed by atoms with E-state index >= 15 is 0 Å². The van der Waals surface area contributed by atoms with Crippen molar-refractivity contribution in [2.45, 2.75) is 22.4 Å².